The highest BCUT2D eigenvalue weighted by molar-refractivity contribution is 6.32. The van der Waals surface area contributed by atoms with E-state index >= 15 is 0 Å². The van der Waals surface area contributed by atoms with E-state index in [0.717, 1.165) is 5.56 Å². The van der Waals surface area contributed by atoms with Crippen LogP contribution in [0.5, 0.6) is 0 Å². The quantitative estimate of drug-likeness (QED) is 0.277. The average Bonchev–Trinajstić information content (AvgIpc) is 3.30. The highest BCUT2D eigenvalue weighted by Crippen LogP contribution is 2.60. The molecule has 178 valence electrons. The van der Waals surface area contributed by atoms with Gasteiger partial charge in [-0.2, -0.15) is 0 Å². The van der Waals surface area contributed by atoms with E-state index in [9.17, 15) is 24.5 Å². The molecule has 0 unspecified atom stereocenters. The number of hydrogen-bond acceptors (Lipinski definition) is 6. The third-order valence-corrected chi connectivity index (χ3v) is 7.86. The summed E-state index contributed by atoms with van der Waals surface area (Å²) < 4.78 is 0. The van der Waals surface area contributed by atoms with Crippen molar-refractivity contribution >= 4 is 46.4 Å². The summed E-state index contributed by atoms with van der Waals surface area (Å²) in [6.45, 7) is 1.43. The molecule has 7 nitrogen and oxygen atoms in total. The molecule has 1 saturated heterocycles. The molecule has 36 heavy (non-hydrogen) atoms. The standard InChI is InChI=1S/C28H19ClN2O5/c1-15(32)25-24(17-5-4-6-19(14-17)31(35)36)28(26(33)20-7-2-3-8-21(20)27(28)34)23-12-9-16-13-18(29)10-11-22(16)30(23)25/h2-14,23-25H,1H3/t23-,24-,25-/m0/s1. The molecule has 0 N–H and O–H groups in total. The first kappa shape index (κ1) is 22.4. The maximum absolute atomic E-state index is 14.3. The SMILES string of the molecule is CC(=O)[C@H]1[C@H](c2cccc([N+](=O)[O-])c2)C2(C(=O)c3ccccc3C2=O)[C@@H]2C=Cc3cc(Cl)ccc3N21. The van der Waals surface area contributed by atoms with E-state index in [2.05, 4.69) is 0 Å². The predicted molar refractivity (Wildman–Crippen MR) is 135 cm³/mol. The Morgan fingerprint density at radius 3 is 2.33 bits per heavy atom. The third-order valence-electron chi connectivity index (χ3n) is 7.62. The Bertz CT molecular complexity index is 1510. The molecular weight excluding hydrogens is 480 g/mol. The van der Waals surface area contributed by atoms with E-state index in [1.807, 2.05) is 11.0 Å². The second-order valence-corrected chi connectivity index (χ2v) is 9.81. The molecule has 1 fully saturated rings. The van der Waals surface area contributed by atoms with Gasteiger partial charge in [0, 0.05) is 39.9 Å². The van der Waals surface area contributed by atoms with Crippen LogP contribution in [0.2, 0.25) is 5.02 Å². The van der Waals surface area contributed by atoms with Crippen LogP contribution in [0.3, 0.4) is 0 Å². The van der Waals surface area contributed by atoms with Crippen LogP contribution in [-0.4, -0.2) is 34.4 Å². The van der Waals surface area contributed by atoms with Gasteiger partial charge in [0.1, 0.15) is 5.41 Å². The number of anilines is 1. The van der Waals surface area contributed by atoms with Gasteiger partial charge in [-0.05, 0) is 36.2 Å². The van der Waals surface area contributed by atoms with Crippen molar-refractivity contribution in [2.45, 2.75) is 24.9 Å². The van der Waals surface area contributed by atoms with E-state index in [1.54, 1.807) is 54.6 Å². The minimum absolute atomic E-state index is 0.173. The summed E-state index contributed by atoms with van der Waals surface area (Å²) >= 11 is 6.23. The number of Topliss-reactive ketones (excluding diaryl/α,β-unsaturated/α-hetero) is 3. The van der Waals surface area contributed by atoms with Crippen molar-refractivity contribution in [1.82, 2.24) is 0 Å². The number of carbonyl (C=O) groups is 3. The Morgan fingerprint density at radius 2 is 1.69 bits per heavy atom. The molecule has 1 spiro atoms. The third kappa shape index (κ3) is 2.77. The van der Waals surface area contributed by atoms with E-state index in [1.165, 1.54) is 25.1 Å². The molecule has 3 aromatic carbocycles. The number of fused-ring (bicyclic) bond motifs is 5. The van der Waals surface area contributed by atoms with Crippen LogP contribution in [0.4, 0.5) is 11.4 Å². The van der Waals surface area contributed by atoms with Crippen molar-refractivity contribution in [1.29, 1.82) is 0 Å². The molecule has 0 bridgehead atoms. The number of carbonyl (C=O) groups excluding carboxylic acids is 3. The van der Waals surface area contributed by atoms with E-state index in [-0.39, 0.29) is 23.0 Å². The fourth-order valence-electron chi connectivity index (χ4n) is 6.31. The Kier molecular flexibility index (Phi) is 4.78. The lowest BCUT2D eigenvalue weighted by Crippen LogP contribution is -2.48. The van der Waals surface area contributed by atoms with Crippen molar-refractivity contribution < 1.29 is 19.3 Å². The molecule has 2 aliphatic heterocycles. The second kappa shape index (κ2) is 7.70. The number of nitro groups is 1. The topological polar surface area (TPSA) is 97.6 Å². The first-order chi connectivity index (χ1) is 17.3. The summed E-state index contributed by atoms with van der Waals surface area (Å²) in [6.07, 6.45) is 3.61. The number of rotatable bonds is 3. The lowest BCUT2D eigenvalue weighted by molar-refractivity contribution is -0.384. The van der Waals surface area contributed by atoms with Crippen LogP contribution in [0.15, 0.2) is 72.8 Å². The zero-order valence-corrected chi connectivity index (χ0v) is 19.8. The summed E-state index contributed by atoms with van der Waals surface area (Å²) in [5.74, 6) is -1.94. The van der Waals surface area contributed by atoms with Crippen molar-refractivity contribution in [2.24, 2.45) is 5.41 Å². The first-order valence-corrected chi connectivity index (χ1v) is 11.8. The fourth-order valence-corrected chi connectivity index (χ4v) is 6.49. The lowest BCUT2D eigenvalue weighted by atomic mass is 9.64. The number of non-ortho nitro benzene ring substituents is 1. The van der Waals surface area contributed by atoms with E-state index < -0.39 is 28.3 Å². The van der Waals surface area contributed by atoms with Crippen molar-refractivity contribution in [3.63, 3.8) is 0 Å². The lowest BCUT2D eigenvalue weighted by Gasteiger charge is -2.37. The number of nitro benzene ring substituents is 1. The van der Waals surface area contributed by atoms with Gasteiger partial charge in [0.2, 0.25) is 0 Å². The molecule has 0 aromatic heterocycles. The maximum atomic E-state index is 14.3. The molecule has 6 rings (SSSR count). The van der Waals surface area contributed by atoms with Gasteiger partial charge in [-0.25, -0.2) is 0 Å². The van der Waals surface area contributed by atoms with Gasteiger partial charge in [0.15, 0.2) is 17.3 Å². The fraction of sp³-hybridized carbons (Fsp3) is 0.179. The minimum atomic E-state index is -1.66. The molecule has 0 radical (unpaired) electrons. The van der Waals surface area contributed by atoms with Gasteiger partial charge in [-0.1, -0.05) is 60.2 Å². The monoisotopic (exact) mass is 498 g/mol. The van der Waals surface area contributed by atoms with Crippen molar-refractivity contribution in [3.8, 4) is 0 Å². The van der Waals surface area contributed by atoms with Gasteiger partial charge in [0.05, 0.1) is 17.0 Å². The van der Waals surface area contributed by atoms with E-state index in [0.29, 0.717) is 27.4 Å². The predicted octanol–water partition coefficient (Wildman–Crippen LogP) is 5.27. The number of benzene rings is 3. The molecule has 1 aliphatic carbocycles. The average molecular weight is 499 g/mol. The van der Waals surface area contributed by atoms with E-state index in [4.69, 9.17) is 11.6 Å². The summed E-state index contributed by atoms with van der Waals surface area (Å²) in [6, 6.07) is 16.1. The normalized spacial score (nSPS) is 22.9. The molecule has 3 aromatic rings. The van der Waals surface area contributed by atoms with Crippen molar-refractivity contribution in [3.05, 3.63) is 110 Å². The smallest absolute Gasteiger partial charge is 0.269 e. The molecule has 2 heterocycles. The summed E-state index contributed by atoms with van der Waals surface area (Å²) in [5.41, 5.74) is 0.606. The van der Waals surface area contributed by atoms with Crippen LogP contribution in [0, 0.1) is 15.5 Å². The van der Waals surface area contributed by atoms with Crippen LogP contribution in [0.1, 0.15) is 44.7 Å². The highest BCUT2D eigenvalue weighted by atomic mass is 35.5. The molecule has 0 amide bonds. The molecule has 3 atom stereocenters. The van der Waals surface area contributed by atoms with Gasteiger partial charge in [-0.3, -0.25) is 24.5 Å². The number of nitrogens with zero attached hydrogens (tertiary/aromatic N) is 2. The highest BCUT2D eigenvalue weighted by Gasteiger charge is 2.71. The largest absolute Gasteiger partial charge is 0.352 e. The maximum Gasteiger partial charge on any atom is 0.269 e. The Morgan fingerprint density at radius 1 is 1.00 bits per heavy atom. The van der Waals surface area contributed by atoms with Crippen molar-refractivity contribution in [2.75, 3.05) is 4.90 Å². The van der Waals surface area contributed by atoms with Gasteiger partial charge in [-0.15, -0.1) is 0 Å². The Balaban J connectivity index is 1.68. The Labute approximate surface area is 211 Å². The first-order valence-electron chi connectivity index (χ1n) is 11.5. The van der Waals surface area contributed by atoms with Crippen LogP contribution in [-0.2, 0) is 4.79 Å². The summed E-state index contributed by atoms with van der Waals surface area (Å²) in [7, 11) is 0. The van der Waals surface area contributed by atoms with Gasteiger partial charge in [0.25, 0.3) is 5.69 Å². The second-order valence-electron chi connectivity index (χ2n) is 9.37. The number of halogens is 1. The summed E-state index contributed by atoms with van der Waals surface area (Å²) in [5, 5.41) is 12.1. The van der Waals surface area contributed by atoms with Crippen LogP contribution in [0.25, 0.3) is 6.08 Å². The van der Waals surface area contributed by atoms with Crippen LogP contribution >= 0.6 is 11.6 Å². The number of ketones is 3. The minimum Gasteiger partial charge on any atom is -0.352 e. The summed E-state index contributed by atoms with van der Waals surface area (Å²) in [4.78, 5) is 54.8. The molecule has 0 saturated carbocycles. The Hall–Kier alpha value is -4.10. The molecular formula is C28H19ClN2O5. The molecule has 8 heteroatoms. The zero-order chi connectivity index (χ0) is 25.4. The zero-order valence-electron chi connectivity index (χ0n) is 19.1. The number of hydrogen-bond donors (Lipinski definition) is 0. The van der Waals surface area contributed by atoms with Gasteiger partial charge < -0.3 is 4.90 Å². The molecule has 3 aliphatic rings. The van der Waals surface area contributed by atoms with Crippen LogP contribution < -0.4 is 4.90 Å². The van der Waals surface area contributed by atoms with Gasteiger partial charge >= 0.3 is 0 Å².